The highest BCUT2D eigenvalue weighted by Gasteiger charge is 2.03. The highest BCUT2D eigenvalue weighted by Crippen LogP contribution is 2.16. The Balaban J connectivity index is 1.83. The lowest BCUT2D eigenvalue weighted by molar-refractivity contribution is -0.114. The van der Waals surface area contributed by atoms with E-state index in [0.717, 1.165) is 21.6 Å². The van der Waals surface area contributed by atoms with E-state index in [1.807, 2.05) is 55.5 Å². The van der Waals surface area contributed by atoms with E-state index in [1.54, 1.807) is 0 Å². The maximum atomic E-state index is 11.9. The van der Waals surface area contributed by atoms with Gasteiger partial charge in [0, 0.05) is 15.8 Å². The van der Waals surface area contributed by atoms with Crippen LogP contribution >= 0.6 is 15.9 Å². The Morgan fingerprint density at radius 3 is 2.57 bits per heavy atom. The Hall–Kier alpha value is -2.01. The predicted octanol–water partition coefficient (Wildman–Crippen LogP) is 3.90. The van der Waals surface area contributed by atoms with Gasteiger partial charge in [0.2, 0.25) is 5.91 Å². The van der Waals surface area contributed by atoms with Gasteiger partial charge in [-0.2, -0.15) is 0 Å². The number of ether oxygens (including phenoxy) is 1. The van der Waals surface area contributed by atoms with Crippen molar-refractivity contribution in [2.24, 2.45) is 0 Å². The van der Waals surface area contributed by atoms with Crippen LogP contribution in [0.1, 0.15) is 6.92 Å². The average Bonchev–Trinajstić information content (AvgIpc) is 2.47. The number of benzene rings is 2. The van der Waals surface area contributed by atoms with Crippen molar-refractivity contribution in [3.05, 3.63) is 53.0 Å². The minimum atomic E-state index is -0.0954. The van der Waals surface area contributed by atoms with Crippen molar-refractivity contribution in [1.82, 2.24) is 0 Å². The van der Waals surface area contributed by atoms with Crippen LogP contribution in [0.3, 0.4) is 0 Å². The second kappa shape index (κ2) is 7.69. The second-order valence-electron chi connectivity index (χ2n) is 4.37. The number of amides is 1. The van der Waals surface area contributed by atoms with Gasteiger partial charge in [-0.15, -0.1) is 0 Å². The molecule has 21 heavy (non-hydrogen) atoms. The number of carbonyl (C=O) groups is 1. The van der Waals surface area contributed by atoms with Gasteiger partial charge in [0.25, 0.3) is 0 Å². The van der Waals surface area contributed by atoms with E-state index in [2.05, 4.69) is 26.6 Å². The highest BCUT2D eigenvalue weighted by atomic mass is 79.9. The molecule has 5 heteroatoms. The zero-order valence-electron chi connectivity index (χ0n) is 11.7. The van der Waals surface area contributed by atoms with Crippen LogP contribution in [-0.4, -0.2) is 19.1 Å². The number of rotatable bonds is 6. The number of nitrogens with one attached hydrogen (secondary N) is 2. The number of hydrogen-bond donors (Lipinski definition) is 2. The Kier molecular flexibility index (Phi) is 5.63. The van der Waals surface area contributed by atoms with E-state index in [-0.39, 0.29) is 12.5 Å². The number of anilines is 2. The molecule has 0 atom stereocenters. The van der Waals surface area contributed by atoms with Gasteiger partial charge < -0.3 is 15.4 Å². The summed E-state index contributed by atoms with van der Waals surface area (Å²) in [4.78, 5) is 11.9. The third kappa shape index (κ3) is 5.11. The number of hydrogen-bond acceptors (Lipinski definition) is 3. The SMILES string of the molecule is CCOc1ccc(NCC(=O)Nc2cccc(Br)c2)cc1. The molecular formula is C16H17BrN2O2. The van der Waals surface area contributed by atoms with Gasteiger partial charge in [-0.25, -0.2) is 0 Å². The van der Waals surface area contributed by atoms with Crippen molar-refractivity contribution in [3.63, 3.8) is 0 Å². The van der Waals surface area contributed by atoms with Gasteiger partial charge in [-0.1, -0.05) is 22.0 Å². The van der Waals surface area contributed by atoms with E-state index in [0.29, 0.717) is 6.61 Å². The Morgan fingerprint density at radius 1 is 1.14 bits per heavy atom. The first kappa shape index (κ1) is 15.4. The molecular weight excluding hydrogens is 332 g/mol. The fourth-order valence-electron chi connectivity index (χ4n) is 1.79. The van der Waals surface area contributed by atoms with E-state index < -0.39 is 0 Å². The van der Waals surface area contributed by atoms with Crippen LogP contribution in [0.5, 0.6) is 5.75 Å². The van der Waals surface area contributed by atoms with E-state index in [4.69, 9.17) is 4.74 Å². The standard InChI is InChI=1S/C16H17BrN2O2/c1-2-21-15-8-6-13(7-9-15)18-11-16(20)19-14-5-3-4-12(17)10-14/h3-10,18H,2,11H2,1H3,(H,19,20). The molecule has 0 aliphatic carbocycles. The van der Waals surface area contributed by atoms with Crippen LogP contribution in [0.25, 0.3) is 0 Å². The highest BCUT2D eigenvalue weighted by molar-refractivity contribution is 9.10. The first-order chi connectivity index (χ1) is 10.2. The largest absolute Gasteiger partial charge is 0.494 e. The summed E-state index contributed by atoms with van der Waals surface area (Å²) in [7, 11) is 0. The lowest BCUT2D eigenvalue weighted by atomic mass is 10.3. The van der Waals surface area contributed by atoms with Crippen LogP contribution in [-0.2, 0) is 4.79 Å². The van der Waals surface area contributed by atoms with Gasteiger partial charge in [-0.3, -0.25) is 4.79 Å². The fourth-order valence-corrected chi connectivity index (χ4v) is 2.19. The van der Waals surface area contributed by atoms with Gasteiger partial charge in [0.1, 0.15) is 5.75 Å². The van der Waals surface area contributed by atoms with Crippen molar-refractivity contribution in [2.75, 3.05) is 23.8 Å². The summed E-state index contributed by atoms with van der Waals surface area (Å²) in [5, 5.41) is 5.90. The van der Waals surface area contributed by atoms with Crippen LogP contribution in [0.2, 0.25) is 0 Å². The van der Waals surface area contributed by atoms with Crippen molar-refractivity contribution in [1.29, 1.82) is 0 Å². The molecule has 1 amide bonds. The normalized spacial score (nSPS) is 10.0. The summed E-state index contributed by atoms with van der Waals surface area (Å²) < 4.78 is 6.30. The zero-order valence-corrected chi connectivity index (χ0v) is 13.3. The quantitative estimate of drug-likeness (QED) is 0.832. The maximum Gasteiger partial charge on any atom is 0.243 e. The van der Waals surface area contributed by atoms with Crippen LogP contribution < -0.4 is 15.4 Å². The summed E-state index contributed by atoms with van der Waals surface area (Å²) in [5.41, 5.74) is 1.64. The Labute approximate surface area is 132 Å². The van der Waals surface area contributed by atoms with Gasteiger partial charge >= 0.3 is 0 Å². The molecule has 2 aromatic rings. The number of carbonyl (C=O) groups excluding carboxylic acids is 1. The number of halogens is 1. The molecule has 0 heterocycles. The molecule has 0 unspecified atom stereocenters. The molecule has 2 rings (SSSR count). The molecule has 0 aliphatic heterocycles. The molecule has 0 spiro atoms. The molecule has 0 aliphatic rings. The molecule has 0 aromatic heterocycles. The molecule has 0 bridgehead atoms. The first-order valence-electron chi connectivity index (χ1n) is 6.69. The summed E-state index contributed by atoms with van der Waals surface area (Å²) in [5.74, 6) is 0.726. The summed E-state index contributed by atoms with van der Waals surface area (Å²) in [6.07, 6.45) is 0. The lowest BCUT2D eigenvalue weighted by Gasteiger charge is -2.09. The summed E-state index contributed by atoms with van der Waals surface area (Å²) in [6, 6.07) is 15.0. The zero-order chi connectivity index (χ0) is 15.1. The van der Waals surface area contributed by atoms with Crippen molar-refractivity contribution in [3.8, 4) is 5.75 Å². The third-order valence-corrected chi connectivity index (χ3v) is 3.22. The van der Waals surface area contributed by atoms with Gasteiger partial charge in [0.05, 0.1) is 13.2 Å². The van der Waals surface area contributed by atoms with Gasteiger partial charge in [0.15, 0.2) is 0 Å². The van der Waals surface area contributed by atoms with Gasteiger partial charge in [-0.05, 0) is 49.4 Å². The fraction of sp³-hybridized carbons (Fsp3) is 0.188. The van der Waals surface area contributed by atoms with E-state index in [1.165, 1.54) is 0 Å². The topological polar surface area (TPSA) is 50.4 Å². The molecule has 0 radical (unpaired) electrons. The Morgan fingerprint density at radius 2 is 1.90 bits per heavy atom. The monoisotopic (exact) mass is 348 g/mol. The first-order valence-corrected chi connectivity index (χ1v) is 7.49. The summed E-state index contributed by atoms with van der Waals surface area (Å²) >= 11 is 3.37. The maximum absolute atomic E-state index is 11.9. The second-order valence-corrected chi connectivity index (χ2v) is 5.29. The van der Waals surface area contributed by atoms with Crippen molar-refractivity contribution in [2.45, 2.75) is 6.92 Å². The van der Waals surface area contributed by atoms with Crippen molar-refractivity contribution >= 4 is 33.2 Å². The molecule has 110 valence electrons. The van der Waals surface area contributed by atoms with Crippen LogP contribution in [0.4, 0.5) is 11.4 Å². The van der Waals surface area contributed by atoms with E-state index in [9.17, 15) is 4.79 Å². The average molecular weight is 349 g/mol. The van der Waals surface area contributed by atoms with Crippen LogP contribution in [0, 0.1) is 0 Å². The molecule has 2 N–H and O–H groups in total. The van der Waals surface area contributed by atoms with E-state index >= 15 is 0 Å². The molecule has 0 saturated carbocycles. The van der Waals surface area contributed by atoms with Crippen molar-refractivity contribution < 1.29 is 9.53 Å². The molecule has 0 saturated heterocycles. The smallest absolute Gasteiger partial charge is 0.243 e. The Bertz CT molecular complexity index is 599. The minimum absolute atomic E-state index is 0.0954. The molecule has 4 nitrogen and oxygen atoms in total. The molecule has 0 fully saturated rings. The lowest BCUT2D eigenvalue weighted by Crippen LogP contribution is -2.21. The summed E-state index contributed by atoms with van der Waals surface area (Å²) in [6.45, 7) is 2.79. The van der Waals surface area contributed by atoms with Crippen LogP contribution in [0.15, 0.2) is 53.0 Å². The molecule has 2 aromatic carbocycles. The third-order valence-electron chi connectivity index (χ3n) is 2.73. The minimum Gasteiger partial charge on any atom is -0.494 e. The predicted molar refractivity (Wildman–Crippen MR) is 88.9 cm³/mol.